The summed E-state index contributed by atoms with van der Waals surface area (Å²) >= 11 is 0. The molecule has 2 rings (SSSR count). The van der Waals surface area contributed by atoms with Gasteiger partial charge in [-0.15, -0.1) is 5.10 Å². The minimum atomic E-state index is -4.80. The minimum absolute atomic E-state index is 0.0491. The second-order valence-electron chi connectivity index (χ2n) is 4.49. The SMILES string of the molecule is CC(=O)Oc1cc(C)cc(C(=O)Nc2nnc(C(F)(F)F)o2)c1. The van der Waals surface area contributed by atoms with E-state index in [0.717, 1.165) is 0 Å². The number of nitrogens with zero attached hydrogens (tertiary/aromatic N) is 2. The van der Waals surface area contributed by atoms with Crippen LogP contribution in [0.4, 0.5) is 19.2 Å². The van der Waals surface area contributed by atoms with Gasteiger partial charge in [-0.1, -0.05) is 5.10 Å². The highest BCUT2D eigenvalue weighted by molar-refractivity contribution is 6.03. The molecule has 0 unspecified atom stereocenters. The van der Waals surface area contributed by atoms with Crippen LogP contribution >= 0.6 is 0 Å². The molecule has 0 aliphatic heterocycles. The number of carbonyl (C=O) groups is 2. The van der Waals surface area contributed by atoms with E-state index in [1.807, 2.05) is 5.32 Å². The molecular weight excluding hydrogens is 319 g/mol. The number of ether oxygens (including phenoxy) is 1. The second kappa shape index (κ2) is 6.07. The number of aryl methyl sites for hydroxylation is 1. The van der Waals surface area contributed by atoms with Crippen molar-refractivity contribution in [2.45, 2.75) is 20.0 Å². The Morgan fingerprint density at radius 2 is 1.91 bits per heavy atom. The van der Waals surface area contributed by atoms with E-state index in [9.17, 15) is 22.8 Å². The number of hydrogen-bond acceptors (Lipinski definition) is 6. The Balaban J connectivity index is 2.19. The van der Waals surface area contributed by atoms with Gasteiger partial charge in [-0.3, -0.25) is 14.9 Å². The molecule has 0 spiro atoms. The van der Waals surface area contributed by atoms with Gasteiger partial charge in [0.2, 0.25) is 0 Å². The zero-order valence-corrected chi connectivity index (χ0v) is 11.9. The molecular formula is C13H10F3N3O4. The van der Waals surface area contributed by atoms with E-state index >= 15 is 0 Å². The summed E-state index contributed by atoms with van der Waals surface area (Å²) < 4.78 is 46.2. The Hall–Kier alpha value is -2.91. The number of anilines is 1. The number of amides is 1. The van der Waals surface area contributed by atoms with Gasteiger partial charge in [-0.25, -0.2) is 0 Å². The van der Waals surface area contributed by atoms with Gasteiger partial charge in [0.05, 0.1) is 0 Å². The molecule has 0 atom stereocenters. The predicted octanol–water partition coefficient (Wildman–Crippen LogP) is 2.57. The molecule has 0 fully saturated rings. The third-order valence-electron chi connectivity index (χ3n) is 2.46. The van der Waals surface area contributed by atoms with E-state index < -0.39 is 30.0 Å². The summed E-state index contributed by atoms with van der Waals surface area (Å²) in [5.74, 6) is -2.81. The van der Waals surface area contributed by atoms with Crippen LogP contribution in [0.5, 0.6) is 5.75 Å². The lowest BCUT2D eigenvalue weighted by molar-refractivity contribution is -0.156. The van der Waals surface area contributed by atoms with E-state index in [1.165, 1.54) is 25.1 Å². The van der Waals surface area contributed by atoms with Crippen molar-refractivity contribution in [3.8, 4) is 5.75 Å². The van der Waals surface area contributed by atoms with E-state index in [-0.39, 0.29) is 11.3 Å². The fourth-order valence-corrected chi connectivity index (χ4v) is 1.66. The Bertz CT molecular complexity index is 755. The van der Waals surface area contributed by atoms with Gasteiger partial charge in [0.1, 0.15) is 5.75 Å². The highest BCUT2D eigenvalue weighted by Gasteiger charge is 2.38. The molecule has 7 nitrogen and oxygen atoms in total. The fraction of sp³-hybridized carbons (Fsp3) is 0.231. The maximum atomic E-state index is 12.3. The van der Waals surface area contributed by atoms with Crippen molar-refractivity contribution in [1.29, 1.82) is 0 Å². The number of benzene rings is 1. The molecule has 1 amide bonds. The molecule has 1 N–H and O–H groups in total. The lowest BCUT2D eigenvalue weighted by Crippen LogP contribution is -2.13. The molecule has 122 valence electrons. The van der Waals surface area contributed by atoms with Gasteiger partial charge >= 0.3 is 24.1 Å². The molecule has 0 saturated carbocycles. The highest BCUT2D eigenvalue weighted by atomic mass is 19.4. The zero-order chi connectivity index (χ0) is 17.2. The maximum absolute atomic E-state index is 12.3. The molecule has 1 aromatic carbocycles. The van der Waals surface area contributed by atoms with Crippen molar-refractivity contribution in [3.63, 3.8) is 0 Å². The normalized spacial score (nSPS) is 11.2. The van der Waals surface area contributed by atoms with Crippen LogP contribution in [0.3, 0.4) is 0 Å². The summed E-state index contributed by atoms with van der Waals surface area (Å²) in [6.45, 7) is 2.84. The summed E-state index contributed by atoms with van der Waals surface area (Å²) in [6.07, 6.45) is -4.80. The smallest absolute Gasteiger partial charge is 0.427 e. The molecule has 0 aliphatic carbocycles. The number of hydrogen-bond donors (Lipinski definition) is 1. The van der Waals surface area contributed by atoms with Gasteiger partial charge in [-0.2, -0.15) is 13.2 Å². The number of aromatic nitrogens is 2. The van der Waals surface area contributed by atoms with Gasteiger partial charge in [0, 0.05) is 12.5 Å². The molecule has 10 heteroatoms. The first-order valence-electron chi connectivity index (χ1n) is 6.17. The third kappa shape index (κ3) is 4.28. The standard InChI is InChI=1S/C13H10F3N3O4/c1-6-3-8(5-9(4-6)22-7(2)20)10(21)17-12-19-18-11(23-12)13(14,15)16/h3-5H,1-2H3,(H,17,19,21). The summed E-state index contributed by atoms with van der Waals surface area (Å²) in [5.41, 5.74) is 0.656. The second-order valence-corrected chi connectivity index (χ2v) is 4.49. The first-order chi connectivity index (χ1) is 10.6. The molecule has 1 aromatic heterocycles. The molecule has 23 heavy (non-hydrogen) atoms. The van der Waals surface area contributed by atoms with Crippen LogP contribution in [0.15, 0.2) is 22.6 Å². The van der Waals surface area contributed by atoms with E-state index in [1.54, 1.807) is 6.92 Å². The number of nitrogens with one attached hydrogen (secondary N) is 1. The number of carbonyl (C=O) groups excluding carboxylic acids is 2. The Morgan fingerprint density at radius 3 is 2.48 bits per heavy atom. The lowest BCUT2D eigenvalue weighted by Gasteiger charge is -2.06. The maximum Gasteiger partial charge on any atom is 0.470 e. The van der Waals surface area contributed by atoms with Crippen molar-refractivity contribution >= 4 is 17.9 Å². The number of esters is 1. The first-order valence-corrected chi connectivity index (χ1v) is 6.17. The monoisotopic (exact) mass is 329 g/mol. The van der Waals surface area contributed by atoms with Crippen molar-refractivity contribution < 1.29 is 31.9 Å². The quantitative estimate of drug-likeness (QED) is 0.687. The van der Waals surface area contributed by atoms with E-state index in [2.05, 4.69) is 14.6 Å². The van der Waals surface area contributed by atoms with Crippen LogP contribution in [0.2, 0.25) is 0 Å². The Morgan fingerprint density at radius 1 is 1.22 bits per heavy atom. The van der Waals surface area contributed by atoms with Gasteiger partial charge in [0.15, 0.2) is 0 Å². The van der Waals surface area contributed by atoms with Gasteiger partial charge in [0.25, 0.3) is 5.91 Å². The number of halogens is 3. The van der Waals surface area contributed by atoms with E-state index in [4.69, 9.17) is 4.74 Å². The molecule has 2 aromatic rings. The molecule has 0 radical (unpaired) electrons. The number of rotatable bonds is 3. The summed E-state index contributed by atoms with van der Waals surface area (Å²) in [4.78, 5) is 22.9. The third-order valence-corrected chi connectivity index (χ3v) is 2.46. The van der Waals surface area contributed by atoms with Crippen LogP contribution < -0.4 is 10.1 Å². The largest absolute Gasteiger partial charge is 0.470 e. The molecule has 0 aliphatic rings. The zero-order valence-electron chi connectivity index (χ0n) is 11.9. The van der Waals surface area contributed by atoms with Crippen LogP contribution in [0.25, 0.3) is 0 Å². The van der Waals surface area contributed by atoms with Crippen molar-refractivity contribution in [2.24, 2.45) is 0 Å². The Labute approximate surface area is 127 Å². The topological polar surface area (TPSA) is 94.3 Å². The fourth-order valence-electron chi connectivity index (χ4n) is 1.66. The minimum Gasteiger partial charge on any atom is -0.427 e. The van der Waals surface area contributed by atoms with E-state index in [0.29, 0.717) is 5.56 Å². The molecule has 0 bridgehead atoms. The summed E-state index contributed by atoms with van der Waals surface area (Å²) in [7, 11) is 0. The Kier molecular flexibility index (Phi) is 4.34. The lowest BCUT2D eigenvalue weighted by atomic mass is 10.1. The highest BCUT2D eigenvalue weighted by Crippen LogP contribution is 2.28. The summed E-state index contributed by atoms with van der Waals surface area (Å²) in [6, 6.07) is 3.53. The first kappa shape index (κ1) is 16.5. The van der Waals surface area contributed by atoms with Gasteiger partial charge in [-0.05, 0) is 30.7 Å². The van der Waals surface area contributed by atoms with Crippen molar-refractivity contribution in [3.05, 3.63) is 35.2 Å². The van der Waals surface area contributed by atoms with Crippen molar-refractivity contribution in [1.82, 2.24) is 10.2 Å². The summed E-state index contributed by atoms with van der Waals surface area (Å²) in [5, 5.41) is 7.91. The average molecular weight is 329 g/mol. The molecule has 0 saturated heterocycles. The number of alkyl halides is 3. The van der Waals surface area contributed by atoms with Crippen LogP contribution in [0, 0.1) is 6.92 Å². The van der Waals surface area contributed by atoms with Crippen LogP contribution in [-0.4, -0.2) is 22.1 Å². The molecule has 1 heterocycles. The van der Waals surface area contributed by atoms with Crippen LogP contribution in [-0.2, 0) is 11.0 Å². The van der Waals surface area contributed by atoms with Crippen LogP contribution in [0.1, 0.15) is 28.7 Å². The van der Waals surface area contributed by atoms with Gasteiger partial charge < -0.3 is 9.15 Å². The predicted molar refractivity (Wildman–Crippen MR) is 69.7 cm³/mol. The average Bonchev–Trinajstić information content (AvgIpc) is 2.85. The van der Waals surface area contributed by atoms with Crippen molar-refractivity contribution in [2.75, 3.05) is 5.32 Å².